The third-order valence-corrected chi connectivity index (χ3v) is 8.60. The third kappa shape index (κ3) is 6.93. The summed E-state index contributed by atoms with van der Waals surface area (Å²) in [4.78, 5) is 43.7. The highest BCUT2D eigenvalue weighted by atomic mass is 35.5. The molecule has 0 saturated carbocycles. The zero-order chi connectivity index (χ0) is 33.0. The van der Waals surface area contributed by atoms with Crippen LogP contribution in [0.15, 0.2) is 48.7 Å². The molecule has 1 saturated heterocycles. The predicted molar refractivity (Wildman–Crippen MR) is 179 cm³/mol. The van der Waals surface area contributed by atoms with E-state index in [9.17, 15) is 9.59 Å². The number of hydrogen-bond donors (Lipinski definition) is 1. The minimum Gasteiger partial charge on any atom is -0.497 e. The van der Waals surface area contributed by atoms with E-state index >= 15 is 0 Å². The molecule has 1 fully saturated rings. The number of rotatable bonds is 10. The van der Waals surface area contributed by atoms with Crippen molar-refractivity contribution in [1.29, 1.82) is 0 Å². The van der Waals surface area contributed by atoms with Gasteiger partial charge in [0.15, 0.2) is 0 Å². The largest absolute Gasteiger partial charge is 0.497 e. The number of halogens is 2. The van der Waals surface area contributed by atoms with E-state index in [0.29, 0.717) is 61.3 Å². The lowest BCUT2D eigenvalue weighted by Crippen LogP contribution is -2.55. The SMILES string of the molecule is COc1ccc(Nc2ncc3c(n2)N(C2CCN(C(=O)C=CCN(C)C)CC2)C(=O)N(c2c(Cl)c(OC)cc(OC)c2Cl)C3)cc1. The molecule has 0 radical (unpaired) electrons. The summed E-state index contributed by atoms with van der Waals surface area (Å²) in [6.07, 6.45) is 6.23. The first kappa shape index (κ1) is 33.1. The summed E-state index contributed by atoms with van der Waals surface area (Å²) in [6.45, 7) is 1.73. The Balaban J connectivity index is 1.49. The van der Waals surface area contributed by atoms with Gasteiger partial charge in [-0.15, -0.1) is 0 Å². The Kier molecular flexibility index (Phi) is 10.4. The van der Waals surface area contributed by atoms with Crippen molar-refractivity contribution in [1.82, 2.24) is 19.8 Å². The van der Waals surface area contributed by atoms with E-state index in [4.69, 9.17) is 42.4 Å². The Morgan fingerprint density at radius 3 is 2.28 bits per heavy atom. The number of carbonyl (C=O) groups excluding carboxylic acids is 2. The second-order valence-corrected chi connectivity index (χ2v) is 11.9. The number of nitrogens with zero attached hydrogens (tertiary/aromatic N) is 6. The van der Waals surface area contributed by atoms with Gasteiger partial charge in [0.25, 0.3) is 0 Å². The number of anilines is 4. The van der Waals surface area contributed by atoms with E-state index in [0.717, 1.165) is 11.4 Å². The molecule has 46 heavy (non-hydrogen) atoms. The number of amides is 3. The first-order chi connectivity index (χ1) is 22.1. The fourth-order valence-corrected chi connectivity index (χ4v) is 6.17. The molecule has 1 aromatic heterocycles. The van der Waals surface area contributed by atoms with Gasteiger partial charge in [-0.1, -0.05) is 29.3 Å². The molecule has 0 atom stereocenters. The molecule has 12 nitrogen and oxygen atoms in total. The van der Waals surface area contributed by atoms with Gasteiger partial charge in [0, 0.05) is 55.3 Å². The van der Waals surface area contributed by atoms with Crippen LogP contribution in [0.25, 0.3) is 0 Å². The fourth-order valence-electron chi connectivity index (χ4n) is 5.47. The number of benzene rings is 2. The number of likely N-dealkylation sites (N-methyl/N-ethyl adjacent to an activating group) is 1. The number of urea groups is 1. The van der Waals surface area contributed by atoms with Gasteiger partial charge in [-0.2, -0.15) is 4.98 Å². The molecular formula is C32H37Cl2N7O5. The van der Waals surface area contributed by atoms with Crippen molar-refractivity contribution < 1.29 is 23.8 Å². The summed E-state index contributed by atoms with van der Waals surface area (Å²) in [6, 6.07) is 8.31. The highest BCUT2D eigenvalue weighted by Gasteiger charge is 2.41. The van der Waals surface area contributed by atoms with Crippen LogP contribution in [-0.2, 0) is 11.3 Å². The van der Waals surface area contributed by atoms with Crippen molar-refractivity contribution in [3.05, 3.63) is 64.3 Å². The molecule has 3 amide bonds. The summed E-state index contributed by atoms with van der Waals surface area (Å²) in [7, 11) is 8.46. The monoisotopic (exact) mass is 669 g/mol. The van der Waals surface area contributed by atoms with E-state index in [1.807, 2.05) is 49.3 Å². The van der Waals surface area contributed by atoms with Gasteiger partial charge in [-0.05, 0) is 51.2 Å². The van der Waals surface area contributed by atoms with Crippen molar-refractivity contribution in [2.45, 2.75) is 25.4 Å². The van der Waals surface area contributed by atoms with Crippen LogP contribution < -0.4 is 29.3 Å². The van der Waals surface area contributed by atoms with Gasteiger partial charge in [-0.25, -0.2) is 9.78 Å². The number of carbonyl (C=O) groups is 2. The zero-order valence-electron chi connectivity index (χ0n) is 26.4. The minimum atomic E-state index is -0.364. The summed E-state index contributed by atoms with van der Waals surface area (Å²) >= 11 is 13.5. The van der Waals surface area contributed by atoms with Crippen LogP contribution in [0.4, 0.5) is 27.9 Å². The maximum absolute atomic E-state index is 14.5. The van der Waals surface area contributed by atoms with Crippen LogP contribution in [0.3, 0.4) is 0 Å². The standard InChI is InChI=1S/C32H37Cl2N7O5/c1-38(2)14-6-7-26(42)39-15-12-22(13-16-39)41-30-20(18-35-31(37-30)36-21-8-10-23(44-3)11-9-21)19-40(32(41)43)29-27(33)24(45-4)17-25(46-5)28(29)34/h6-11,17-18,22H,12-16,19H2,1-5H3,(H,35,36,37). The number of aromatic nitrogens is 2. The molecule has 3 heterocycles. The molecular weight excluding hydrogens is 633 g/mol. The number of methoxy groups -OCH3 is 3. The van der Waals surface area contributed by atoms with E-state index in [1.54, 1.807) is 35.2 Å². The summed E-state index contributed by atoms with van der Waals surface area (Å²) < 4.78 is 16.2. The van der Waals surface area contributed by atoms with Crippen LogP contribution in [0.5, 0.6) is 17.2 Å². The topological polar surface area (TPSA) is 113 Å². The average Bonchev–Trinajstić information content (AvgIpc) is 3.05. The number of piperidine rings is 1. The van der Waals surface area contributed by atoms with E-state index in [1.165, 1.54) is 19.1 Å². The molecule has 3 aromatic rings. The highest BCUT2D eigenvalue weighted by molar-refractivity contribution is 6.42. The Hall–Kier alpha value is -4.26. The Labute approximate surface area is 278 Å². The lowest BCUT2D eigenvalue weighted by molar-refractivity contribution is -0.127. The molecule has 1 N–H and O–H groups in total. The first-order valence-electron chi connectivity index (χ1n) is 14.7. The lowest BCUT2D eigenvalue weighted by atomic mass is 10.0. The quantitative estimate of drug-likeness (QED) is 0.275. The maximum atomic E-state index is 14.5. The second kappa shape index (κ2) is 14.4. The van der Waals surface area contributed by atoms with Gasteiger partial charge in [0.05, 0.1) is 33.6 Å². The summed E-state index contributed by atoms with van der Waals surface area (Å²) in [5.41, 5.74) is 1.71. The van der Waals surface area contributed by atoms with Crippen molar-refractivity contribution >= 4 is 58.3 Å². The molecule has 0 unspecified atom stereocenters. The lowest BCUT2D eigenvalue weighted by Gasteiger charge is -2.43. The number of hydrogen-bond acceptors (Lipinski definition) is 9. The molecule has 0 bridgehead atoms. The molecule has 2 aliphatic heterocycles. The third-order valence-electron chi connectivity index (χ3n) is 7.87. The Bertz CT molecular complexity index is 1580. The average molecular weight is 671 g/mol. The molecule has 244 valence electrons. The van der Waals surface area contributed by atoms with E-state index in [-0.39, 0.29) is 40.3 Å². The van der Waals surface area contributed by atoms with Crippen molar-refractivity contribution in [2.75, 3.05) is 70.2 Å². The maximum Gasteiger partial charge on any atom is 0.330 e. The van der Waals surface area contributed by atoms with Crippen LogP contribution >= 0.6 is 23.2 Å². The molecule has 2 aliphatic rings. The van der Waals surface area contributed by atoms with Crippen molar-refractivity contribution in [3.8, 4) is 17.2 Å². The smallest absolute Gasteiger partial charge is 0.330 e. The zero-order valence-corrected chi connectivity index (χ0v) is 27.9. The highest BCUT2D eigenvalue weighted by Crippen LogP contribution is 2.48. The minimum absolute atomic E-state index is 0.0531. The van der Waals surface area contributed by atoms with Gasteiger partial charge in [0.2, 0.25) is 11.9 Å². The summed E-state index contributed by atoms with van der Waals surface area (Å²) in [5.74, 6) is 2.10. The first-order valence-corrected chi connectivity index (χ1v) is 15.5. The van der Waals surface area contributed by atoms with Crippen LogP contribution in [0.1, 0.15) is 18.4 Å². The second-order valence-electron chi connectivity index (χ2n) is 11.1. The van der Waals surface area contributed by atoms with Crippen LogP contribution in [0, 0.1) is 0 Å². The Morgan fingerprint density at radius 1 is 1.04 bits per heavy atom. The summed E-state index contributed by atoms with van der Waals surface area (Å²) in [5, 5.41) is 3.57. The fraction of sp³-hybridized carbons (Fsp3) is 0.375. The van der Waals surface area contributed by atoms with Crippen LogP contribution in [0.2, 0.25) is 10.0 Å². The van der Waals surface area contributed by atoms with Gasteiger partial charge in [-0.3, -0.25) is 14.6 Å². The van der Waals surface area contributed by atoms with Crippen molar-refractivity contribution in [2.24, 2.45) is 0 Å². The molecule has 0 spiro atoms. The van der Waals surface area contributed by atoms with Crippen molar-refractivity contribution in [3.63, 3.8) is 0 Å². The number of fused-ring (bicyclic) bond motifs is 1. The van der Waals surface area contributed by atoms with Gasteiger partial charge in [0.1, 0.15) is 33.1 Å². The Morgan fingerprint density at radius 2 is 1.70 bits per heavy atom. The number of nitrogens with one attached hydrogen (secondary N) is 1. The molecule has 5 rings (SSSR count). The molecule has 0 aliphatic carbocycles. The van der Waals surface area contributed by atoms with Gasteiger partial charge >= 0.3 is 6.03 Å². The predicted octanol–water partition coefficient (Wildman–Crippen LogP) is 5.61. The molecule has 14 heteroatoms. The van der Waals surface area contributed by atoms with Gasteiger partial charge < -0.3 is 29.3 Å². The van der Waals surface area contributed by atoms with E-state index in [2.05, 4.69) is 10.3 Å². The normalized spacial score (nSPS) is 15.4. The van der Waals surface area contributed by atoms with Crippen LogP contribution in [-0.4, -0.2) is 92.8 Å². The molecule has 2 aromatic carbocycles. The number of likely N-dealkylation sites (tertiary alicyclic amines) is 1. The van der Waals surface area contributed by atoms with E-state index < -0.39 is 0 Å². The number of ether oxygens (including phenoxy) is 3.